The Morgan fingerprint density at radius 3 is 2.06 bits per heavy atom. The van der Waals surface area contributed by atoms with E-state index in [1.807, 2.05) is 0 Å². The Labute approximate surface area is 112 Å². The largest absolute Gasteiger partial charge is 0.303 e. The molecule has 0 atom stereocenters. The summed E-state index contributed by atoms with van der Waals surface area (Å²) in [5.74, 6) is 0.0801. The number of hydrogen-bond donors (Lipinski definition) is 0. The van der Waals surface area contributed by atoms with Crippen LogP contribution in [-0.2, 0) is 9.59 Å². The molecule has 0 aromatic heterocycles. The van der Waals surface area contributed by atoms with Crippen LogP contribution in [0.25, 0.3) is 0 Å². The summed E-state index contributed by atoms with van der Waals surface area (Å²) in [5, 5.41) is 0. The summed E-state index contributed by atoms with van der Waals surface area (Å²) >= 11 is 0. The molecule has 0 aromatic rings. The first-order chi connectivity index (χ1) is 8.81. The molecule has 0 rings (SSSR count). The molecular weight excluding hydrogens is 224 g/mol. The van der Waals surface area contributed by atoms with Crippen molar-refractivity contribution in [3.8, 4) is 0 Å². The van der Waals surface area contributed by atoms with Crippen LogP contribution in [0.4, 0.5) is 0 Å². The van der Waals surface area contributed by atoms with Gasteiger partial charge in [-0.15, -0.1) is 0 Å². The van der Waals surface area contributed by atoms with E-state index in [2.05, 4.69) is 19.1 Å². The molecular formula is C16H28O2. The summed E-state index contributed by atoms with van der Waals surface area (Å²) in [7, 11) is 0. The third-order valence-corrected chi connectivity index (χ3v) is 3.03. The standard InChI is InChI=1S/C16H28O2/c1-2-3-4-5-6-7-8-9-10-11-12-13-16(18)14-15-17/h7-8,15H,2-6,9-14H2,1H3. The quantitative estimate of drug-likeness (QED) is 0.207. The number of ketones is 1. The molecule has 2 nitrogen and oxygen atoms in total. The van der Waals surface area contributed by atoms with Crippen LogP contribution in [-0.4, -0.2) is 12.1 Å². The summed E-state index contributed by atoms with van der Waals surface area (Å²) in [4.78, 5) is 21.1. The van der Waals surface area contributed by atoms with Crippen LogP contribution in [0.1, 0.15) is 77.6 Å². The normalized spacial score (nSPS) is 10.9. The molecule has 0 bridgehead atoms. The van der Waals surface area contributed by atoms with Gasteiger partial charge in [-0.1, -0.05) is 44.8 Å². The van der Waals surface area contributed by atoms with Gasteiger partial charge in [0.25, 0.3) is 0 Å². The second kappa shape index (κ2) is 14.1. The van der Waals surface area contributed by atoms with E-state index < -0.39 is 0 Å². The molecule has 0 aromatic carbocycles. The average molecular weight is 252 g/mol. The minimum Gasteiger partial charge on any atom is -0.303 e. The third kappa shape index (κ3) is 13.1. The second-order valence-corrected chi connectivity index (χ2v) is 4.83. The van der Waals surface area contributed by atoms with Crippen LogP contribution in [0.3, 0.4) is 0 Å². The molecule has 0 radical (unpaired) electrons. The van der Waals surface area contributed by atoms with Crippen molar-refractivity contribution in [2.45, 2.75) is 77.6 Å². The number of unbranched alkanes of at least 4 members (excludes halogenated alkanes) is 7. The third-order valence-electron chi connectivity index (χ3n) is 3.03. The van der Waals surface area contributed by atoms with Gasteiger partial charge in [-0.25, -0.2) is 0 Å². The van der Waals surface area contributed by atoms with Gasteiger partial charge in [0.1, 0.15) is 12.1 Å². The second-order valence-electron chi connectivity index (χ2n) is 4.83. The molecule has 0 amide bonds. The number of rotatable bonds is 13. The molecule has 104 valence electrons. The van der Waals surface area contributed by atoms with Crippen molar-refractivity contribution in [3.63, 3.8) is 0 Å². The van der Waals surface area contributed by atoms with Gasteiger partial charge in [0.15, 0.2) is 0 Å². The molecule has 0 spiro atoms. The molecule has 0 fully saturated rings. The molecule has 0 aliphatic carbocycles. The Kier molecular flexibility index (Phi) is 13.4. The van der Waals surface area contributed by atoms with E-state index in [0.717, 1.165) is 25.7 Å². The first-order valence-corrected chi connectivity index (χ1v) is 7.41. The van der Waals surface area contributed by atoms with Gasteiger partial charge < -0.3 is 4.79 Å². The molecule has 18 heavy (non-hydrogen) atoms. The molecule has 0 unspecified atom stereocenters. The topological polar surface area (TPSA) is 34.1 Å². The highest BCUT2D eigenvalue weighted by atomic mass is 16.1. The predicted molar refractivity (Wildman–Crippen MR) is 76.7 cm³/mol. The van der Waals surface area contributed by atoms with Gasteiger partial charge in [0.05, 0.1) is 6.42 Å². The van der Waals surface area contributed by atoms with E-state index >= 15 is 0 Å². The molecule has 0 saturated heterocycles. The molecule has 0 aliphatic heterocycles. The summed E-state index contributed by atoms with van der Waals surface area (Å²) in [6.07, 6.45) is 16.7. The number of allylic oxidation sites excluding steroid dienone is 2. The van der Waals surface area contributed by atoms with E-state index in [1.165, 1.54) is 32.1 Å². The fraction of sp³-hybridized carbons (Fsp3) is 0.750. The molecule has 0 aliphatic rings. The number of hydrogen-bond acceptors (Lipinski definition) is 2. The molecule has 0 saturated carbocycles. The minimum absolute atomic E-state index is 0.0801. The highest BCUT2D eigenvalue weighted by Crippen LogP contribution is 2.07. The number of carbonyl (C=O) groups excluding carboxylic acids is 2. The highest BCUT2D eigenvalue weighted by Gasteiger charge is 1.99. The van der Waals surface area contributed by atoms with Crippen molar-refractivity contribution in [2.75, 3.05) is 0 Å². The first-order valence-electron chi connectivity index (χ1n) is 7.41. The lowest BCUT2D eigenvalue weighted by Crippen LogP contribution is -1.97. The van der Waals surface area contributed by atoms with Gasteiger partial charge in [-0.05, 0) is 32.1 Å². The monoisotopic (exact) mass is 252 g/mol. The van der Waals surface area contributed by atoms with E-state index in [4.69, 9.17) is 0 Å². The van der Waals surface area contributed by atoms with E-state index in [1.54, 1.807) is 0 Å². The first kappa shape index (κ1) is 17.1. The fourth-order valence-electron chi connectivity index (χ4n) is 1.88. The van der Waals surface area contributed by atoms with Crippen molar-refractivity contribution in [1.29, 1.82) is 0 Å². The van der Waals surface area contributed by atoms with E-state index in [-0.39, 0.29) is 12.2 Å². The Bertz CT molecular complexity index is 231. The summed E-state index contributed by atoms with van der Waals surface area (Å²) in [6.45, 7) is 2.23. The van der Waals surface area contributed by atoms with Crippen LogP contribution in [0.5, 0.6) is 0 Å². The number of aldehydes is 1. The number of carbonyl (C=O) groups is 2. The molecule has 0 N–H and O–H groups in total. The van der Waals surface area contributed by atoms with Crippen molar-refractivity contribution in [3.05, 3.63) is 12.2 Å². The summed E-state index contributed by atoms with van der Waals surface area (Å²) in [6, 6.07) is 0. The van der Waals surface area contributed by atoms with Crippen LogP contribution < -0.4 is 0 Å². The van der Waals surface area contributed by atoms with Crippen molar-refractivity contribution in [2.24, 2.45) is 0 Å². The van der Waals surface area contributed by atoms with Crippen molar-refractivity contribution >= 4 is 12.1 Å². The Balaban J connectivity index is 3.17. The zero-order chi connectivity index (χ0) is 13.5. The summed E-state index contributed by atoms with van der Waals surface area (Å²) in [5.41, 5.74) is 0. The van der Waals surface area contributed by atoms with Gasteiger partial charge in [0, 0.05) is 6.42 Å². The van der Waals surface area contributed by atoms with Crippen LogP contribution in [0.2, 0.25) is 0 Å². The van der Waals surface area contributed by atoms with Gasteiger partial charge in [-0.2, -0.15) is 0 Å². The minimum atomic E-state index is 0.0801. The van der Waals surface area contributed by atoms with Gasteiger partial charge >= 0.3 is 0 Å². The van der Waals surface area contributed by atoms with Crippen molar-refractivity contribution in [1.82, 2.24) is 0 Å². The molecule has 0 heterocycles. The lowest BCUT2D eigenvalue weighted by molar-refractivity contribution is -0.122. The van der Waals surface area contributed by atoms with Gasteiger partial charge in [0.2, 0.25) is 0 Å². The SMILES string of the molecule is CCCCCCC=CCCCCCC(=O)CC=O. The maximum absolute atomic E-state index is 11.1. The lowest BCUT2D eigenvalue weighted by atomic mass is 10.1. The zero-order valence-electron chi connectivity index (χ0n) is 11.8. The molecule has 2 heteroatoms. The fourth-order valence-corrected chi connectivity index (χ4v) is 1.88. The van der Waals surface area contributed by atoms with Crippen LogP contribution in [0.15, 0.2) is 12.2 Å². The van der Waals surface area contributed by atoms with Gasteiger partial charge in [-0.3, -0.25) is 4.79 Å². The average Bonchev–Trinajstić information content (AvgIpc) is 2.36. The van der Waals surface area contributed by atoms with Crippen LogP contribution in [0, 0.1) is 0 Å². The maximum atomic E-state index is 11.1. The lowest BCUT2D eigenvalue weighted by Gasteiger charge is -1.97. The smallest absolute Gasteiger partial charge is 0.139 e. The maximum Gasteiger partial charge on any atom is 0.139 e. The zero-order valence-corrected chi connectivity index (χ0v) is 11.8. The Hall–Kier alpha value is -0.920. The van der Waals surface area contributed by atoms with E-state index in [9.17, 15) is 9.59 Å². The van der Waals surface area contributed by atoms with Crippen molar-refractivity contribution < 1.29 is 9.59 Å². The summed E-state index contributed by atoms with van der Waals surface area (Å²) < 4.78 is 0. The van der Waals surface area contributed by atoms with E-state index in [0.29, 0.717) is 12.7 Å². The number of Topliss-reactive ketones (excluding diaryl/α,β-unsaturated/α-hetero) is 1. The van der Waals surface area contributed by atoms with Crippen LogP contribution >= 0.6 is 0 Å². The highest BCUT2D eigenvalue weighted by molar-refractivity contribution is 5.89. The Morgan fingerprint density at radius 1 is 0.889 bits per heavy atom. The predicted octanol–water partition coefficient (Wildman–Crippen LogP) is 4.62. The Morgan fingerprint density at radius 2 is 1.50 bits per heavy atom.